The second-order valence-electron chi connectivity index (χ2n) is 6.42. The standard InChI is InChI=1S/C20H21F3N2O3/c1-14(28-18-8-2-15(3-9-18)20(21,22)23)19(26)24-16-4-6-17(7-5-16)25-10-12-27-13-11-25/h2-9,14H,10-13H2,1H3,(H,24,26)/t14-/m1/s1. The molecular formula is C20H21F3N2O3. The average Bonchev–Trinajstić information content (AvgIpc) is 2.69. The van der Waals surface area contributed by atoms with Crippen LogP contribution < -0.4 is 15.0 Å². The molecule has 0 saturated carbocycles. The molecule has 8 heteroatoms. The average molecular weight is 394 g/mol. The Hall–Kier alpha value is -2.74. The Balaban J connectivity index is 1.55. The highest BCUT2D eigenvalue weighted by Crippen LogP contribution is 2.30. The highest BCUT2D eigenvalue weighted by molar-refractivity contribution is 5.94. The van der Waals surface area contributed by atoms with Gasteiger partial charge in [0.05, 0.1) is 18.8 Å². The summed E-state index contributed by atoms with van der Waals surface area (Å²) in [6.07, 6.45) is -5.27. The van der Waals surface area contributed by atoms with Crippen molar-refractivity contribution in [1.82, 2.24) is 0 Å². The van der Waals surface area contributed by atoms with Crippen LogP contribution in [-0.4, -0.2) is 38.3 Å². The maximum Gasteiger partial charge on any atom is 0.416 e. The van der Waals surface area contributed by atoms with E-state index in [1.54, 1.807) is 12.1 Å². The van der Waals surface area contributed by atoms with Crippen molar-refractivity contribution in [2.24, 2.45) is 0 Å². The number of carbonyl (C=O) groups is 1. The van der Waals surface area contributed by atoms with E-state index in [9.17, 15) is 18.0 Å². The number of nitrogens with zero attached hydrogens (tertiary/aromatic N) is 1. The van der Waals surface area contributed by atoms with Crippen LogP contribution in [0.4, 0.5) is 24.5 Å². The number of nitrogens with one attached hydrogen (secondary N) is 1. The molecule has 5 nitrogen and oxygen atoms in total. The van der Waals surface area contributed by atoms with Gasteiger partial charge in [0.25, 0.3) is 5.91 Å². The molecule has 3 rings (SSSR count). The highest BCUT2D eigenvalue weighted by Gasteiger charge is 2.30. The number of hydrogen-bond donors (Lipinski definition) is 1. The molecule has 1 heterocycles. The summed E-state index contributed by atoms with van der Waals surface area (Å²) < 4.78 is 48.5. The predicted molar refractivity (Wildman–Crippen MR) is 99.6 cm³/mol. The Morgan fingerprint density at radius 1 is 1.07 bits per heavy atom. The molecule has 0 spiro atoms. The van der Waals surface area contributed by atoms with Crippen molar-refractivity contribution in [2.75, 3.05) is 36.5 Å². The SMILES string of the molecule is C[C@@H](Oc1ccc(C(F)(F)F)cc1)C(=O)Nc1ccc(N2CCOCC2)cc1. The van der Waals surface area contributed by atoms with E-state index in [0.717, 1.165) is 30.9 Å². The van der Waals surface area contributed by atoms with Crippen molar-refractivity contribution in [1.29, 1.82) is 0 Å². The van der Waals surface area contributed by atoms with Crippen LogP contribution in [0.3, 0.4) is 0 Å². The number of morpholine rings is 1. The number of amides is 1. The highest BCUT2D eigenvalue weighted by atomic mass is 19.4. The van der Waals surface area contributed by atoms with Gasteiger partial charge in [-0.15, -0.1) is 0 Å². The molecule has 28 heavy (non-hydrogen) atoms. The minimum atomic E-state index is -4.41. The summed E-state index contributed by atoms with van der Waals surface area (Å²) in [5, 5.41) is 2.74. The van der Waals surface area contributed by atoms with Crippen LogP contribution in [0.5, 0.6) is 5.75 Å². The zero-order valence-electron chi connectivity index (χ0n) is 15.3. The molecule has 1 aliphatic rings. The zero-order chi connectivity index (χ0) is 20.1. The summed E-state index contributed by atoms with van der Waals surface area (Å²) in [5.41, 5.74) is 0.901. The quantitative estimate of drug-likeness (QED) is 0.835. The summed E-state index contributed by atoms with van der Waals surface area (Å²) in [7, 11) is 0. The van der Waals surface area contributed by atoms with Gasteiger partial charge in [0, 0.05) is 24.5 Å². The third-order valence-corrected chi connectivity index (χ3v) is 4.37. The number of halogens is 3. The Morgan fingerprint density at radius 3 is 2.25 bits per heavy atom. The summed E-state index contributed by atoms with van der Waals surface area (Å²) in [4.78, 5) is 14.5. The van der Waals surface area contributed by atoms with Crippen LogP contribution in [0.25, 0.3) is 0 Å². The van der Waals surface area contributed by atoms with Gasteiger partial charge in [-0.25, -0.2) is 0 Å². The molecule has 2 aromatic rings. The fraction of sp³-hybridized carbons (Fsp3) is 0.350. The second kappa shape index (κ2) is 8.52. The van der Waals surface area contributed by atoms with Crippen molar-refractivity contribution in [3.8, 4) is 5.75 Å². The molecule has 0 bridgehead atoms. The molecule has 150 valence electrons. The molecular weight excluding hydrogens is 373 g/mol. The van der Waals surface area contributed by atoms with Gasteiger partial charge in [-0.05, 0) is 55.5 Å². The van der Waals surface area contributed by atoms with E-state index in [4.69, 9.17) is 9.47 Å². The fourth-order valence-corrected chi connectivity index (χ4v) is 2.80. The smallest absolute Gasteiger partial charge is 0.416 e. The molecule has 0 aliphatic carbocycles. The number of carbonyl (C=O) groups excluding carboxylic acids is 1. The molecule has 0 radical (unpaired) electrons. The topological polar surface area (TPSA) is 50.8 Å². The third kappa shape index (κ3) is 5.16. The van der Waals surface area contributed by atoms with E-state index in [-0.39, 0.29) is 11.7 Å². The largest absolute Gasteiger partial charge is 0.481 e. The lowest BCUT2D eigenvalue weighted by Gasteiger charge is -2.29. The Labute approximate surface area is 161 Å². The fourth-order valence-electron chi connectivity index (χ4n) is 2.80. The Bertz CT molecular complexity index is 786. The maximum atomic E-state index is 12.6. The summed E-state index contributed by atoms with van der Waals surface area (Å²) in [5.74, 6) is -0.197. The number of alkyl halides is 3. The number of hydrogen-bond acceptors (Lipinski definition) is 4. The van der Waals surface area contributed by atoms with Gasteiger partial charge < -0.3 is 19.7 Å². The number of anilines is 2. The summed E-state index contributed by atoms with van der Waals surface area (Å²) in [6, 6.07) is 11.7. The lowest BCUT2D eigenvalue weighted by molar-refractivity contribution is -0.137. The first kappa shape index (κ1) is 20.0. The van der Waals surface area contributed by atoms with Crippen molar-refractivity contribution in [3.63, 3.8) is 0 Å². The zero-order valence-corrected chi connectivity index (χ0v) is 15.3. The van der Waals surface area contributed by atoms with Crippen molar-refractivity contribution < 1.29 is 27.4 Å². The van der Waals surface area contributed by atoms with Gasteiger partial charge in [-0.3, -0.25) is 4.79 Å². The first-order chi connectivity index (χ1) is 13.3. The molecule has 0 aromatic heterocycles. The lowest BCUT2D eigenvalue weighted by Crippen LogP contribution is -2.36. The Morgan fingerprint density at radius 2 is 1.68 bits per heavy atom. The van der Waals surface area contributed by atoms with Gasteiger partial charge in [-0.2, -0.15) is 13.2 Å². The van der Waals surface area contributed by atoms with E-state index in [1.807, 2.05) is 12.1 Å². The van der Waals surface area contributed by atoms with Crippen LogP contribution in [0, 0.1) is 0 Å². The van der Waals surface area contributed by atoms with Gasteiger partial charge in [-0.1, -0.05) is 0 Å². The normalized spacial score (nSPS) is 15.8. The maximum absolute atomic E-state index is 12.6. The van der Waals surface area contributed by atoms with Crippen LogP contribution in [0.15, 0.2) is 48.5 Å². The van der Waals surface area contributed by atoms with Crippen LogP contribution in [0.1, 0.15) is 12.5 Å². The summed E-state index contributed by atoms with van der Waals surface area (Å²) >= 11 is 0. The van der Waals surface area contributed by atoms with Crippen LogP contribution in [-0.2, 0) is 15.7 Å². The molecule has 1 N–H and O–H groups in total. The Kier molecular flexibility index (Phi) is 6.08. The summed E-state index contributed by atoms with van der Waals surface area (Å²) in [6.45, 7) is 4.57. The van der Waals surface area contributed by atoms with Gasteiger partial charge in [0.1, 0.15) is 5.75 Å². The second-order valence-corrected chi connectivity index (χ2v) is 6.42. The molecule has 1 atom stereocenters. The van der Waals surface area contributed by atoms with Crippen molar-refractivity contribution in [3.05, 3.63) is 54.1 Å². The van der Waals surface area contributed by atoms with Crippen LogP contribution in [0.2, 0.25) is 0 Å². The van der Waals surface area contributed by atoms with Gasteiger partial charge in [0.2, 0.25) is 0 Å². The number of benzene rings is 2. The van der Waals surface area contributed by atoms with E-state index < -0.39 is 17.8 Å². The van der Waals surface area contributed by atoms with E-state index in [2.05, 4.69) is 10.2 Å². The van der Waals surface area contributed by atoms with E-state index >= 15 is 0 Å². The molecule has 2 aromatic carbocycles. The van der Waals surface area contributed by atoms with Crippen molar-refractivity contribution in [2.45, 2.75) is 19.2 Å². The lowest BCUT2D eigenvalue weighted by atomic mass is 10.2. The number of ether oxygens (including phenoxy) is 2. The first-order valence-electron chi connectivity index (χ1n) is 8.90. The van der Waals surface area contributed by atoms with E-state index in [0.29, 0.717) is 18.9 Å². The molecule has 1 saturated heterocycles. The minimum Gasteiger partial charge on any atom is -0.481 e. The first-order valence-corrected chi connectivity index (χ1v) is 8.90. The van der Waals surface area contributed by atoms with Crippen LogP contribution >= 0.6 is 0 Å². The monoisotopic (exact) mass is 394 g/mol. The third-order valence-electron chi connectivity index (χ3n) is 4.37. The van der Waals surface area contributed by atoms with Gasteiger partial charge in [0.15, 0.2) is 6.10 Å². The molecule has 1 amide bonds. The van der Waals surface area contributed by atoms with Gasteiger partial charge >= 0.3 is 6.18 Å². The molecule has 0 unspecified atom stereocenters. The molecule has 1 aliphatic heterocycles. The van der Waals surface area contributed by atoms with Crippen molar-refractivity contribution >= 4 is 17.3 Å². The molecule has 1 fully saturated rings. The predicted octanol–water partition coefficient (Wildman–Crippen LogP) is 3.95. The number of rotatable bonds is 5. The van der Waals surface area contributed by atoms with E-state index in [1.165, 1.54) is 19.1 Å². The minimum absolute atomic E-state index is 0.193.